The minimum absolute atomic E-state index is 0.135. The second kappa shape index (κ2) is 9.84. The zero-order valence-corrected chi connectivity index (χ0v) is 15.9. The SMILES string of the molecule is CCS(=O)(=O)N(C)CCCNC(=NC)NCCc1ncc(C)s1. The van der Waals surface area contributed by atoms with Crippen LogP contribution < -0.4 is 10.6 Å². The summed E-state index contributed by atoms with van der Waals surface area (Å²) in [5.41, 5.74) is 0. The third-order valence-corrected chi connectivity index (χ3v) is 6.14. The fraction of sp³-hybridized carbons (Fsp3) is 0.714. The molecule has 1 heterocycles. The molecule has 2 N–H and O–H groups in total. The molecule has 0 fully saturated rings. The summed E-state index contributed by atoms with van der Waals surface area (Å²) in [4.78, 5) is 9.69. The van der Waals surface area contributed by atoms with Gasteiger partial charge in [0.2, 0.25) is 10.0 Å². The fourth-order valence-corrected chi connectivity index (χ4v) is 3.53. The van der Waals surface area contributed by atoms with E-state index >= 15 is 0 Å². The molecule has 0 aromatic carbocycles. The number of thiazole rings is 1. The summed E-state index contributed by atoms with van der Waals surface area (Å²) in [6.45, 7) is 5.62. The average Bonchev–Trinajstić information content (AvgIpc) is 2.94. The van der Waals surface area contributed by atoms with Crippen molar-refractivity contribution in [1.29, 1.82) is 0 Å². The van der Waals surface area contributed by atoms with Crippen LogP contribution in [-0.2, 0) is 16.4 Å². The number of aryl methyl sites for hydroxylation is 1. The maximum absolute atomic E-state index is 11.6. The van der Waals surface area contributed by atoms with Gasteiger partial charge in [-0.05, 0) is 20.3 Å². The lowest BCUT2D eigenvalue weighted by Gasteiger charge is -2.16. The summed E-state index contributed by atoms with van der Waals surface area (Å²) >= 11 is 1.70. The number of hydrogen-bond acceptors (Lipinski definition) is 5. The van der Waals surface area contributed by atoms with Gasteiger partial charge in [0.25, 0.3) is 0 Å². The van der Waals surface area contributed by atoms with Crippen molar-refractivity contribution in [1.82, 2.24) is 19.9 Å². The highest BCUT2D eigenvalue weighted by molar-refractivity contribution is 7.89. The molecule has 9 heteroatoms. The molecule has 0 radical (unpaired) electrons. The van der Waals surface area contributed by atoms with Gasteiger partial charge in [-0.2, -0.15) is 0 Å². The molecule has 0 unspecified atom stereocenters. The lowest BCUT2D eigenvalue weighted by Crippen LogP contribution is -2.39. The third kappa shape index (κ3) is 7.28. The van der Waals surface area contributed by atoms with E-state index in [1.54, 1.807) is 32.4 Å². The number of guanidine groups is 1. The summed E-state index contributed by atoms with van der Waals surface area (Å²) in [5.74, 6) is 0.857. The van der Waals surface area contributed by atoms with Crippen LogP contribution in [-0.4, -0.2) is 63.1 Å². The van der Waals surface area contributed by atoms with E-state index in [1.165, 1.54) is 9.18 Å². The summed E-state index contributed by atoms with van der Waals surface area (Å²) in [6.07, 6.45) is 3.46. The molecule has 0 aliphatic carbocycles. The molecule has 0 saturated carbocycles. The van der Waals surface area contributed by atoms with E-state index in [4.69, 9.17) is 0 Å². The predicted octanol–water partition coefficient (Wildman–Crippen LogP) is 0.831. The maximum atomic E-state index is 11.6. The van der Waals surface area contributed by atoms with E-state index in [0.29, 0.717) is 13.1 Å². The van der Waals surface area contributed by atoms with Gasteiger partial charge in [0, 0.05) is 51.2 Å². The number of aromatic nitrogens is 1. The zero-order chi connectivity index (χ0) is 17.3. The number of nitrogens with zero attached hydrogens (tertiary/aromatic N) is 3. The first-order valence-corrected chi connectivity index (χ1v) is 10.1. The molecule has 0 atom stereocenters. The van der Waals surface area contributed by atoms with Gasteiger partial charge < -0.3 is 10.6 Å². The quantitative estimate of drug-likeness (QED) is 0.386. The lowest BCUT2D eigenvalue weighted by atomic mass is 10.4. The minimum Gasteiger partial charge on any atom is -0.356 e. The Bertz CT molecular complexity index is 598. The van der Waals surface area contributed by atoms with Crippen molar-refractivity contribution in [3.63, 3.8) is 0 Å². The number of aliphatic imine (C=N–C) groups is 1. The Kier molecular flexibility index (Phi) is 8.49. The van der Waals surface area contributed by atoms with Crippen molar-refractivity contribution in [2.24, 2.45) is 4.99 Å². The van der Waals surface area contributed by atoms with Gasteiger partial charge >= 0.3 is 0 Å². The molecule has 7 nitrogen and oxygen atoms in total. The van der Waals surface area contributed by atoms with Crippen molar-refractivity contribution in [2.75, 3.05) is 39.5 Å². The predicted molar refractivity (Wildman–Crippen MR) is 96.6 cm³/mol. The topological polar surface area (TPSA) is 86.7 Å². The first-order valence-electron chi connectivity index (χ1n) is 7.69. The second-order valence-corrected chi connectivity index (χ2v) is 8.80. The molecule has 0 spiro atoms. The van der Waals surface area contributed by atoms with Crippen molar-refractivity contribution in [3.05, 3.63) is 16.1 Å². The highest BCUT2D eigenvalue weighted by Crippen LogP contribution is 2.10. The van der Waals surface area contributed by atoms with Gasteiger partial charge in [-0.25, -0.2) is 17.7 Å². The molecular formula is C14H27N5O2S2. The molecule has 1 rings (SSSR count). The zero-order valence-electron chi connectivity index (χ0n) is 14.3. The molecule has 23 heavy (non-hydrogen) atoms. The standard InChI is InChI=1S/C14H27N5O2S2/c1-5-23(20,21)19(4)10-6-8-16-14(15-3)17-9-7-13-18-11-12(2)22-13/h11H,5-10H2,1-4H3,(H2,15,16,17). The van der Waals surface area contributed by atoms with Gasteiger partial charge in [0.15, 0.2) is 5.96 Å². The molecule has 0 bridgehead atoms. The van der Waals surface area contributed by atoms with E-state index in [-0.39, 0.29) is 5.75 Å². The highest BCUT2D eigenvalue weighted by atomic mass is 32.2. The number of hydrogen-bond donors (Lipinski definition) is 2. The van der Waals surface area contributed by atoms with Crippen LogP contribution in [0.3, 0.4) is 0 Å². The van der Waals surface area contributed by atoms with Crippen LogP contribution in [0.1, 0.15) is 23.2 Å². The summed E-state index contributed by atoms with van der Waals surface area (Å²) in [6, 6.07) is 0. The van der Waals surface area contributed by atoms with Gasteiger partial charge in [-0.15, -0.1) is 11.3 Å². The van der Waals surface area contributed by atoms with E-state index in [1.807, 2.05) is 13.1 Å². The largest absolute Gasteiger partial charge is 0.356 e. The normalized spacial score (nSPS) is 12.7. The smallest absolute Gasteiger partial charge is 0.213 e. The highest BCUT2D eigenvalue weighted by Gasteiger charge is 2.13. The summed E-state index contributed by atoms with van der Waals surface area (Å²) < 4.78 is 24.7. The second-order valence-electron chi connectivity index (χ2n) is 5.12. The minimum atomic E-state index is -3.09. The van der Waals surface area contributed by atoms with Crippen LogP contribution in [0.15, 0.2) is 11.2 Å². The van der Waals surface area contributed by atoms with E-state index in [9.17, 15) is 8.42 Å². The van der Waals surface area contributed by atoms with Gasteiger partial charge in [-0.3, -0.25) is 4.99 Å². The average molecular weight is 362 g/mol. The first-order chi connectivity index (χ1) is 10.9. The summed E-state index contributed by atoms with van der Waals surface area (Å²) in [7, 11) is 0.238. The fourth-order valence-electron chi connectivity index (χ4n) is 1.89. The van der Waals surface area contributed by atoms with Crippen molar-refractivity contribution < 1.29 is 8.42 Å². The van der Waals surface area contributed by atoms with E-state index < -0.39 is 10.0 Å². The monoisotopic (exact) mass is 361 g/mol. The van der Waals surface area contributed by atoms with Crippen LogP contribution in [0.25, 0.3) is 0 Å². The molecule has 0 amide bonds. The van der Waals surface area contributed by atoms with Crippen molar-refractivity contribution in [3.8, 4) is 0 Å². The lowest BCUT2D eigenvalue weighted by molar-refractivity contribution is 0.461. The maximum Gasteiger partial charge on any atom is 0.213 e. The number of rotatable bonds is 9. The number of nitrogens with one attached hydrogen (secondary N) is 2. The Labute approximate surface area is 143 Å². The first kappa shape index (κ1) is 19.9. The molecule has 1 aromatic rings. The molecule has 1 aromatic heterocycles. The third-order valence-electron chi connectivity index (χ3n) is 3.31. The molecular weight excluding hydrogens is 334 g/mol. The summed E-state index contributed by atoms with van der Waals surface area (Å²) in [5, 5.41) is 7.52. The van der Waals surface area contributed by atoms with Gasteiger partial charge in [-0.1, -0.05) is 0 Å². The Hall–Kier alpha value is -1.19. The van der Waals surface area contributed by atoms with Crippen LogP contribution in [0.5, 0.6) is 0 Å². The molecule has 132 valence electrons. The van der Waals surface area contributed by atoms with Crippen LogP contribution >= 0.6 is 11.3 Å². The Morgan fingerprint density at radius 3 is 2.65 bits per heavy atom. The molecule has 0 saturated heterocycles. The Morgan fingerprint density at radius 2 is 2.09 bits per heavy atom. The number of sulfonamides is 1. The Morgan fingerprint density at radius 1 is 1.39 bits per heavy atom. The van der Waals surface area contributed by atoms with Gasteiger partial charge in [0.05, 0.1) is 10.8 Å². The van der Waals surface area contributed by atoms with Crippen LogP contribution in [0.2, 0.25) is 0 Å². The van der Waals surface area contributed by atoms with Crippen molar-refractivity contribution in [2.45, 2.75) is 26.7 Å². The molecule has 0 aliphatic heterocycles. The van der Waals surface area contributed by atoms with Gasteiger partial charge in [0.1, 0.15) is 0 Å². The van der Waals surface area contributed by atoms with Crippen LogP contribution in [0.4, 0.5) is 0 Å². The van der Waals surface area contributed by atoms with Crippen molar-refractivity contribution >= 4 is 27.3 Å². The molecule has 0 aliphatic rings. The Balaban J connectivity index is 2.21. The van der Waals surface area contributed by atoms with E-state index in [2.05, 4.69) is 20.6 Å². The van der Waals surface area contributed by atoms with Crippen LogP contribution in [0, 0.1) is 6.92 Å². The van der Waals surface area contributed by atoms with E-state index in [0.717, 1.165) is 30.4 Å².